The van der Waals surface area contributed by atoms with Crippen molar-refractivity contribution in [3.63, 3.8) is 0 Å². The number of hydrogen-bond donors (Lipinski definition) is 2. The maximum Gasteiger partial charge on any atom is 0.193 e. The van der Waals surface area contributed by atoms with Gasteiger partial charge in [-0.25, -0.2) is 4.99 Å². The molecule has 0 radical (unpaired) electrons. The van der Waals surface area contributed by atoms with E-state index in [0.29, 0.717) is 24.1 Å². The summed E-state index contributed by atoms with van der Waals surface area (Å²) in [6.45, 7) is 6.59. The molecular formula is C17H23ClN5OP. The topological polar surface area (TPSA) is 89.6 Å². The first-order valence-electron chi connectivity index (χ1n) is 8.20. The van der Waals surface area contributed by atoms with Crippen molar-refractivity contribution in [2.75, 3.05) is 26.5 Å². The highest BCUT2D eigenvalue weighted by Gasteiger charge is 2.31. The van der Waals surface area contributed by atoms with Crippen LogP contribution in [0.5, 0.6) is 0 Å². The molecule has 0 aromatic carbocycles. The van der Waals surface area contributed by atoms with E-state index in [9.17, 15) is 4.57 Å². The number of allylic oxidation sites excluding steroid dienone is 2. The van der Waals surface area contributed by atoms with Crippen molar-refractivity contribution in [2.24, 2.45) is 9.98 Å². The predicted octanol–water partition coefficient (Wildman–Crippen LogP) is 3.20. The molecule has 25 heavy (non-hydrogen) atoms. The first-order valence-corrected chi connectivity index (χ1v) is 11.2. The van der Waals surface area contributed by atoms with Gasteiger partial charge in [0, 0.05) is 17.6 Å². The van der Waals surface area contributed by atoms with E-state index in [1.54, 1.807) is 19.4 Å². The second-order valence-corrected chi connectivity index (χ2v) is 9.70. The minimum absolute atomic E-state index is 0.147. The van der Waals surface area contributed by atoms with E-state index in [4.69, 9.17) is 16.9 Å². The molecule has 0 saturated carbocycles. The van der Waals surface area contributed by atoms with Gasteiger partial charge in [0.15, 0.2) is 5.29 Å². The molecule has 1 unspecified atom stereocenters. The Bertz CT molecular complexity index is 766. The molecule has 0 bridgehead atoms. The highest BCUT2D eigenvalue weighted by Crippen LogP contribution is 2.53. The Labute approximate surface area is 153 Å². The SMILES string of the molecule is CCCN/C(Cl)=N\CNC1=CCC2N=C(C#N)C=CC2=C1P(C)(C)=O. The van der Waals surface area contributed by atoms with Gasteiger partial charge in [-0.05, 0) is 49.4 Å². The van der Waals surface area contributed by atoms with Crippen molar-refractivity contribution in [1.82, 2.24) is 10.6 Å². The molecule has 8 heteroatoms. The lowest BCUT2D eigenvalue weighted by molar-refractivity contribution is 0.584. The summed E-state index contributed by atoms with van der Waals surface area (Å²) in [5.74, 6) is 0. The summed E-state index contributed by atoms with van der Waals surface area (Å²) < 4.78 is 12.9. The lowest BCUT2D eigenvalue weighted by atomic mass is 9.94. The molecule has 0 fully saturated rings. The second-order valence-electron chi connectivity index (χ2n) is 6.19. The molecule has 1 atom stereocenters. The van der Waals surface area contributed by atoms with E-state index >= 15 is 0 Å². The lowest BCUT2D eigenvalue weighted by Crippen LogP contribution is -2.26. The van der Waals surface area contributed by atoms with E-state index in [-0.39, 0.29) is 6.04 Å². The highest BCUT2D eigenvalue weighted by molar-refractivity contribution is 7.67. The van der Waals surface area contributed by atoms with Crippen molar-refractivity contribution in [1.29, 1.82) is 5.26 Å². The zero-order valence-corrected chi connectivity index (χ0v) is 16.4. The molecule has 134 valence electrons. The van der Waals surface area contributed by atoms with Crippen molar-refractivity contribution < 1.29 is 4.57 Å². The number of amidine groups is 1. The van der Waals surface area contributed by atoms with Crippen molar-refractivity contribution >= 4 is 29.7 Å². The first kappa shape index (κ1) is 19.5. The van der Waals surface area contributed by atoms with Crippen LogP contribution in [0.25, 0.3) is 0 Å². The summed E-state index contributed by atoms with van der Waals surface area (Å²) >= 11 is 6.00. The number of nitrogens with one attached hydrogen (secondary N) is 2. The van der Waals surface area contributed by atoms with Gasteiger partial charge in [-0.15, -0.1) is 0 Å². The van der Waals surface area contributed by atoms with Crippen LogP contribution in [0.2, 0.25) is 0 Å². The van der Waals surface area contributed by atoms with Crippen LogP contribution >= 0.6 is 18.7 Å². The van der Waals surface area contributed by atoms with Gasteiger partial charge in [0.25, 0.3) is 0 Å². The van der Waals surface area contributed by atoms with Gasteiger partial charge in [0.05, 0.1) is 6.04 Å². The van der Waals surface area contributed by atoms with Crippen molar-refractivity contribution in [3.05, 3.63) is 34.8 Å². The molecule has 1 heterocycles. The summed E-state index contributed by atoms with van der Waals surface area (Å²) in [7, 11) is -2.55. The molecule has 0 amide bonds. The maximum atomic E-state index is 12.9. The third-order valence-electron chi connectivity index (χ3n) is 3.81. The van der Waals surface area contributed by atoms with E-state index in [1.165, 1.54) is 0 Å². The molecule has 0 aromatic heterocycles. The fourth-order valence-electron chi connectivity index (χ4n) is 2.76. The summed E-state index contributed by atoms with van der Waals surface area (Å²) in [6, 6.07) is 1.91. The monoisotopic (exact) mass is 379 g/mol. The van der Waals surface area contributed by atoms with Gasteiger partial charge in [-0.3, -0.25) is 4.99 Å². The molecule has 1 aliphatic heterocycles. The van der Waals surface area contributed by atoms with Crippen LogP contribution in [-0.4, -0.2) is 43.6 Å². The van der Waals surface area contributed by atoms with Gasteiger partial charge < -0.3 is 15.2 Å². The Hall–Kier alpha value is -1.83. The van der Waals surface area contributed by atoms with Gasteiger partial charge in [-0.1, -0.05) is 19.1 Å². The van der Waals surface area contributed by atoms with Gasteiger partial charge in [-0.2, -0.15) is 5.26 Å². The summed E-state index contributed by atoms with van der Waals surface area (Å²) in [6.07, 6.45) is 7.13. The average molecular weight is 380 g/mol. The van der Waals surface area contributed by atoms with Crippen LogP contribution in [0.1, 0.15) is 19.8 Å². The summed E-state index contributed by atoms with van der Waals surface area (Å²) in [4.78, 5) is 8.64. The number of nitrogens with zero attached hydrogens (tertiary/aromatic N) is 3. The Kier molecular flexibility index (Phi) is 6.64. The number of dihydropyridines is 1. The number of rotatable bonds is 6. The second kappa shape index (κ2) is 8.51. The van der Waals surface area contributed by atoms with E-state index in [0.717, 1.165) is 29.5 Å². The molecule has 2 rings (SSSR count). The van der Waals surface area contributed by atoms with Crippen LogP contribution in [0.4, 0.5) is 0 Å². The molecule has 0 aromatic rings. The molecular weight excluding hydrogens is 357 g/mol. The molecule has 0 spiro atoms. The molecule has 2 aliphatic rings. The summed E-state index contributed by atoms with van der Waals surface area (Å²) in [5.41, 5.74) is 2.12. The number of nitriles is 1. The first-order chi connectivity index (χ1) is 11.9. The third kappa shape index (κ3) is 5.07. The Morgan fingerprint density at radius 1 is 1.52 bits per heavy atom. The van der Waals surface area contributed by atoms with Crippen molar-refractivity contribution in [2.45, 2.75) is 25.8 Å². The van der Waals surface area contributed by atoms with E-state index < -0.39 is 7.14 Å². The lowest BCUT2D eigenvalue weighted by Gasteiger charge is -2.29. The Morgan fingerprint density at radius 2 is 2.28 bits per heavy atom. The molecule has 1 aliphatic carbocycles. The third-order valence-corrected chi connectivity index (χ3v) is 5.64. The van der Waals surface area contributed by atoms with Crippen LogP contribution < -0.4 is 10.6 Å². The highest BCUT2D eigenvalue weighted by atomic mass is 35.5. The van der Waals surface area contributed by atoms with Gasteiger partial charge in [0.2, 0.25) is 0 Å². The summed E-state index contributed by atoms with van der Waals surface area (Å²) in [5, 5.41) is 16.4. The largest absolute Gasteiger partial charge is 0.366 e. The molecule has 6 nitrogen and oxygen atoms in total. The fourth-order valence-corrected chi connectivity index (χ4v) is 4.51. The van der Waals surface area contributed by atoms with E-state index in [2.05, 4.69) is 33.6 Å². The van der Waals surface area contributed by atoms with E-state index in [1.807, 2.05) is 12.2 Å². The minimum atomic E-state index is -2.55. The average Bonchev–Trinajstić information content (AvgIpc) is 2.58. The zero-order valence-electron chi connectivity index (χ0n) is 14.7. The fraction of sp³-hybridized carbons (Fsp3) is 0.471. The standard InChI is InChI=1S/C17H23ClN5OP/c1-4-9-20-17(18)22-11-21-15-8-7-14-13(16(15)25(2,3)24)6-5-12(10-19)23-14/h5-6,8,14,21H,4,7,9,11H2,1-3H3,(H,20,22). The van der Waals surface area contributed by atoms with Crippen molar-refractivity contribution in [3.8, 4) is 6.07 Å². The van der Waals surface area contributed by atoms with Crippen LogP contribution in [0.15, 0.2) is 44.8 Å². The van der Waals surface area contributed by atoms with Gasteiger partial charge >= 0.3 is 0 Å². The predicted molar refractivity (Wildman–Crippen MR) is 105 cm³/mol. The van der Waals surface area contributed by atoms with Crippen LogP contribution in [-0.2, 0) is 4.57 Å². The van der Waals surface area contributed by atoms with Crippen LogP contribution in [0.3, 0.4) is 0 Å². The maximum absolute atomic E-state index is 12.9. The number of aliphatic imine (C=N–C) groups is 2. The zero-order chi connectivity index (χ0) is 18.4. The number of fused-ring (bicyclic) bond motifs is 1. The molecule has 2 N–H and O–H groups in total. The quantitative estimate of drug-likeness (QED) is 0.321. The Morgan fingerprint density at radius 3 is 2.92 bits per heavy atom. The normalized spacial score (nSPS) is 20.4. The molecule has 0 saturated heterocycles. The minimum Gasteiger partial charge on any atom is -0.366 e. The number of halogens is 1. The van der Waals surface area contributed by atoms with Gasteiger partial charge in [0.1, 0.15) is 25.6 Å². The smallest absolute Gasteiger partial charge is 0.193 e. The van der Waals surface area contributed by atoms with Crippen LogP contribution in [0, 0.1) is 11.3 Å². The number of hydrogen-bond acceptors (Lipinski definition) is 5. The Balaban J connectivity index is 2.20.